The second-order valence-electron chi connectivity index (χ2n) is 4.10. The van der Waals surface area contributed by atoms with Gasteiger partial charge in [0.1, 0.15) is 0 Å². The predicted molar refractivity (Wildman–Crippen MR) is 61.9 cm³/mol. The minimum absolute atomic E-state index is 0.0484. The van der Waals surface area contributed by atoms with Crippen molar-refractivity contribution in [2.75, 3.05) is 18.0 Å². The van der Waals surface area contributed by atoms with Crippen molar-refractivity contribution in [3.05, 3.63) is 29.8 Å². The number of carbonyl (C=O) groups excluding carboxylic acids is 1. The molecular formula is C12H16N2O2. The van der Waals surface area contributed by atoms with Gasteiger partial charge in [0, 0.05) is 24.2 Å². The fourth-order valence-electron chi connectivity index (χ4n) is 2.08. The molecule has 0 bridgehead atoms. The molecule has 1 amide bonds. The lowest BCUT2D eigenvalue weighted by Crippen LogP contribution is -2.26. The van der Waals surface area contributed by atoms with Crippen LogP contribution in [0.2, 0.25) is 0 Å². The summed E-state index contributed by atoms with van der Waals surface area (Å²) in [7, 11) is 0. The van der Waals surface area contributed by atoms with Crippen molar-refractivity contribution in [1.29, 1.82) is 0 Å². The maximum absolute atomic E-state index is 11.8. The van der Waals surface area contributed by atoms with Crippen molar-refractivity contribution < 1.29 is 9.90 Å². The highest BCUT2D eigenvalue weighted by Crippen LogP contribution is 2.27. The molecule has 16 heavy (non-hydrogen) atoms. The van der Waals surface area contributed by atoms with Gasteiger partial charge in [-0.1, -0.05) is 18.2 Å². The lowest BCUT2D eigenvalue weighted by atomic mass is 10.1. The van der Waals surface area contributed by atoms with Crippen LogP contribution in [-0.2, 0) is 11.4 Å². The number of amides is 1. The van der Waals surface area contributed by atoms with Crippen LogP contribution in [-0.4, -0.2) is 24.1 Å². The average Bonchev–Trinajstić information content (AvgIpc) is 2.70. The molecule has 1 heterocycles. The maximum Gasteiger partial charge on any atom is 0.227 e. The Kier molecular flexibility index (Phi) is 3.22. The van der Waals surface area contributed by atoms with Gasteiger partial charge < -0.3 is 15.7 Å². The van der Waals surface area contributed by atoms with Gasteiger partial charge in [0.15, 0.2) is 0 Å². The van der Waals surface area contributed by atoms with E-state index in [0.29, 0.717) is 19.5 Å². The molecule has 4 heteroatoms. The van der Waals surface area contributed by atoms with Crippen LogP contribution in [0.5, 0.6) is 0 Å². The van der Waals surface area contributed by atoms with Crippen molar-refractivity contribution in [2.45, 2.75) is 13.0 Å². The molecule has 86 valence electrons. The van der Waals surface area contributed by atoms with Crippen LogP contribution in [0.3, 0.4) is 0 Å². The van der Waals surface area contributed by atoms with Crippen LogP contribution in [0.4, 0.5) is 5.69 Å². The zero-order chi connectivity index (χ0) is 11.5. The Balaban J connectivity index is 2.27. The summed E-state index contributed by atoms with van der Waals surface area (Å²) in [6.45, 7) is 1.14. The molecule has 0 spiro atoms. The maximum atomic E-state index is 11.8. The molecule has 1 aliphatic rings. The van der Waals surface area contributed by atoms with E-state index in [-0.39, 0.29) is 18.4 Å². The molecule has 1 aromatic carbocycles. The van der Waals surface area contributed by atoms with Crippen LogP contribution in [0.15, 0.2) is 24.3 Å². The van der Waals surface area contributed by atoms with Crippen molar-refractivity contribution >= 4 is 11.6 Å². The van der Waals surface area contributed by atoms with Gasteiger partial charge in [0.2, 0.25) is 5.91 Å². The molecule has 3 N–H and O–H groups in total. The third-order valence-electron chi connectivity index (χ3n) is 2.99. The van der Waals surface area contributed by atoms with Crippen molar-refractivity contribution in [3.63, 3.8) is 0 Å². The highest BCUT2D eigenvalue weighted by atomic mass is 16.3. The largest absolute Gasteiger partial charge is 0.392 e. The summed E-state index contributed by atoms with van der Waals surface area (Å²) in [5.74, 6) is 0.329. The number of para-hydroxylation sites is 1. The molecule has 1 unspecified atom stereocenters. The summed E-state index contributed by atoms with van der Waals surface area (Å²) in [5, 5.41) is 9.23. The van der Waals surface area contributed by atoms with E-state index >= 15 is 0 Å². The summed E-state index contributed by atoms with van der Waals surface area (Å²) < 4.78 is 0. The number of hydrogen-bond acceptors (Lipinski definition) is 3. The predicted octanol–water partition coefficient (Wildman–Crippen LogP) is 0.490. The van der Waals surface area contributed by atoms with Crippen LogP contribution in [0, 0.1) is 5.92 Å². The molecule has 1 aromatic rings. The highest BCUT2D eigenvalue weighted by molar-refractivity contribution is 5.96. The van der Waals surface area contributed by atoms with Gasteiger partial charge in [-0.3, -0.25) is 4.79 Å². The average molecular weight is 220 g/mol. The van der Waals surface area contributed by atoms with Gasteiger partial charge in [-0.05, 0) is 18.5 Å². The van der Waals surface area contributed by atoms with E-state index in [0.717, 1.165) is 11.3 Å². The monoisotopic (exact) mass is 220 g/mol. The van der Waals surface area contributed by atoms with Crippen LogP contribution >= 0.6 is 0 Å². The Hall–Kier alpha value is -1.39. The number of carbonyl (C=O) groups is 1. The molecule has 1 aliphatic heterocycles. The first-order valence-corrected chi connectivity index (χ1v) is 5.45. The van der Waals surface area contributed by atoms with Crippen molar-refractivity contribution in [2.24, 2.45) is 11.7 Å². The summed E-state index contributed by atoms with van der Waals surface area (Å²) in [4.78, 5) is 13.5. The Bertz CT molecular complexity index is 392. The highest BCUT2D eigenvalue weighted by Gasteiger charge is 2.30. The minimum atomic E-state index is -0.0484. The molecule has 0 aliphatic carbocycles. The van der Waals surface area contributed by atoms with Crippen molar-refractivity contribution in [1.82, 2.24) is 0 Å². The van der Waals surface area contributed by atoms with E-state index in [1.54, 1.807) is 4.90 Å². The number of nitrogens with two attached hydrogens (primary N) is 1. The van der Waals surface area contributed by atoms with E-state index in [1.165, 1.54) is 0 Å². The molecule has 0 saturated carbocycles. The molecule has 1 atom stereocenters. The summed E-state index contributed by atoms with van der Waals surface area (Å²) >= 11 is 0. The van der Waals surface area contributed by atoms with E-state index in [4.69, 9.17) is 5.73 Å². The smallest absolute Gasteiger partial charge is 0.227 e. The summed E-state index contributed by atoms with van der Waals surface area (Å²) in [6.07, 6.45) is 0.510. The first-order chi connectivity index (χ1) is 7.76. The van der Waals surface area contributed by atoms with E-state index in [2.05, 4.69) is 0 Å². The topological polar surface area (TPSA) is 66.6 Å². The second-order valence-corrected chi connectivity index (χ2v) is 4.10. The quantitative estimate of drug-likeness (QED) is 0.779. The van der Waals surface area contributed by atoms with Gasteiger partial charge in [-0.25, -0.2) is 0 Å². The van der Waals surface area contributed by atoms with Gasteiger partial charge in [-0.15, -0.1) is 0 Å². The van der Waals surface area contributed by atoms with Gasteiger partial charge in [0.05, 0.1) is 6.61 Å². The zero-order valence-corrected chi connectivity index (χ0v) is 9.10. The molecule has 2 rings (SSSR count). The fourth-order valence-corrected chi connectivity index (χ4v) is 2.08. The molecule has 4 nitrogen and oxygen atoms in total. The van der Waals surface area contributed by atoms with E-state index < -0.39 is 0 Å². The molecule has 1 saturated heterocycles. The molecule has 0 aromatic heterocycles. The van der Waals surface area contributed by atoms with Crippen molar-refractivity contribution in [3.8, 4) is 0 Å². The minimum Gasteiger partial charge on any atom is -0.392 e. The second kappa shape index (κ2) is 4.63. The number of nitrogens with zero attached hydrogens (tertiary/aromatic N) is 1. The Labute approximate surface area is 94.7 Å². The Morgan fingerprint density at radius 1 is 1.44 bits per heavy atom. The third kappa shape index (κ3) is 1.94. The van der Waals surface area contributed by atoms with Crippen LogP contribution in [0.25, 0.3) is 0 Å². The molecular weight excluding hydrogens is 204 g/mol. The number of aliphatic hydroxyl groups excluding tert-OH is 1. The number of aliphatic hydroxyl groups is 1. The van der Waals surface area contributed by atoms with Gasteiger partial charge in [-0.2, -0.15) is 0 Å². The number of benzene rings is 1. The number of rotatable bonds is 3. The normalized spacial score (nSPS) is 20.5. The van der Waals surface area contributed by atoms with Gasteiger partial charge in [0.25, 0.3) is 0 Å². The summed E-state index contributed by atoms with van der Waals surface area (Å²) in [5.41, 5.74) is 7.18. The lowest BCUT2D eigenvalue weighted by molar-refractivity contribution is -0.117. The third-order valence-corrected chi connectivity index (χ3v) is 2.99. The Morgan fingerprint density at radius 2 is 2.19 bits per heavy atom. The fraction of sp³-hybridized carbons (Fsp3) is 0.417. The van der Waals surface area contributed by atoms with Gasteiger partial charge >= 0.3 is 0 Å². The first kappa shape index (κ1) is 11.1. The zero-order valence-electron chi connectivity index (χ0n) is 9.10. The number of anilines is 1. The molecule has 0 radical (unpaired) electrons. The van der Waals surface area contributed by atoms with E-state index in [1.807, 2.05) is 24.3 Å². The first-order valence-electron chi connectivity index (χ1n) is 5.45. The lowest BCUT2D eigenvalue weighted by Gasteiger charge is -2.19. The van der Waals surface area contributed by atoms with E-state index in [9.17, 15) is 9.90 Å². The Morgan fingerprint density at radius 3 is 2.81 bits per heavy atom. The van der Waals surface area contributed by atoms with Crippen LogP contribution in [0.1, 0.15) is 12.0 Å². The SMILES string of the molecule is NCC1CC(=O)N(c2ccccc2CO)C1. The molecule has 1 fully saturated rings. The standard InChI is InChI=1S/C12H16N2O2/c13-6-9-5-12(16)14(7-9)11-4-2-1-3-10(11)8-15/h1-4,9,15H,5-8,13H2. The van der Waals surface area contributed by atoms with Crippen LogP contribution < -0.4 is 10.6 Å². The summed E-state index contributed by atoms with van der Waals surface area (Å²) in [6, 6.07) is 7.42. The number of hydrogen-bond donors (Lipinski definition) is 2.